The maximum absolute atomic E-state index is 12.7. The zero-order valence-electron chi connectivity index (χ0n) is 41.5. The molecule has 0 aromatic carbocycles. The second kappa shape index (κ2) is 51.0. The molecule has 0 aliphatic rings. The minimum absolute atomic E-state index is 0.0618. The van der Waals surface area contributed by atoms with Gasteiger partial charge in [-0.3, -0.25) is 14.4 Å². The molecule has 1 atom stereocenters. The van der Waals surface area contributed by atoms with E-state index in [9.17, 15) is 14.4 Å². The summed E-state index contributed by atoms with van der Waals surface area (Å²) in [5.74, 6) is -0.840. The molecule has 0 aliphatic heterocycles. The first-order chi connectivity index (χ1) is 30.0. The molecule has 0 unspecified atom stereocenters. The molecule has 0 N–H and O–H groups in total. The van der Waals surface area contributed by atoms with Gasteiger partial charge in [0.05, 0.1) is 0 Å². The summed E-state index contributed by atoms with van der Waals surface area (Å²) in [6.45, 7) is 6.68. The summed E-state index contributed by atoms with van der Waals surface area (Å²) in [7, 11) is 0. The van der Waals surface area contributed by atoms with Gasteiger partial charge in [-0.05, 0) is 19.3 Å². The summed E-state index contributed by atoms with van der Waals surface area (Å²) in [5.41, 5.74) is 0. The zero-order chi connectivity index (χ0) is 44.4. The highest BCUT2D eigenvalue weighted by molar-refractivity contribution is 5.71. The number of hydrogen-bond acceptors (Lipinski definition) is 6. The van der Waals surface area contributed by atoms with E-state index in [0.29, 0.717) is 19.3 Å². The van der Waals surface area contributed by atoms with Crippen LogP contribution in [0.5, 0.6) is 0 Å². The molecule has 0 rings (SSSR count). The number of unbranched alkanes of at least 4 members (excludes halogenated alkanes) is 40. The highest BCUT2D eigenvalue weighted by atomic mass is 16.6. The molecule has 0 aliphatic carbocycles. The Morgan fingerprint density at radius 2 is 0.443 bits per heavy atom. The predicted octanol–water partition coefficient (Wildman–Crippen LogP) is 18.0. The maximum atomic E-state index is 12.7. The average molecular weight is 863 g/mol. The van der Waals surface area contributed by atoms with Gasteiger partial charge < -0.3 is 14.2 Å². The Bertz CT molecular complexity index is 905. The molecular weight excluding hydrogens is 757 g/mol. The van der Waals surface area contributed by atoms with Crippen molar-refractivity contribution in [3.8, 4) is 0 Å². The fourth-order valence-corrected chi connectivity index (χ4v) is 8.45. The van der Waals surface area contributed by atoms with Crippen LogP contribution < -0.4 is 0 Å². The third-order valence-corrected chi connectivity index (χ3v) is 12.6. The van der Waals surface area contributed by atoms with Gasteiger partial charge in [0.15, 0.2) is 6.10 Å². The van der Waals surface area contributed by atoms with Crippen LogP contribution in [0.4, 0.5) is 0 Å². The van der Waals surface area contributed by atoms with Crippen LogP contribution in [0.1, 0.15) is 316 Å². The van der Waals surface area contributed by atoms with E-state index in [1.165, 1.54) is 218 Å². The van der Waals surface area contributed by atoms with Gasteiger partial charge in [-0.25, -0.2) is 0 Å². The lowest BCUT2D eigenvalue weighted by molar-refractivity contribution is -0.167. The fourth-order valence-electron chi connectivity index (χ4n) is 8.45. The molecule has 0 saturated carbocycles. The van der Waals surface area contributed by atoms with E-state index in [2.05, 4.69) is 20.8 Å². The summed E-state index contributed by atoms with van der Waals surface area (Å²) in [5, 5.41) is 0. The molecule has 0 bridgehead atoms. The van der Waals surface area contributed by atoms with Crippen LogP contribution in [0.15, 0.2) is 0 Å². The van der Waals surface area contributed by atoms with Crippen LogP contribution in [0.25, 0.3) is 0 Å². The first-order valence-electron chi connectivity index (χ1n) is 27.5. The van der Waals surface area contributed by atoms with Gasteiger partial charge in [0.1, 0.15) is 13.2 Å². The van der Waals surface area contributed by atoms with Gasteiger partial charge in [0, 0.05) is 19.3 Å². The number of hydrogen-bond donors (Lipinski definition) is 0. The molecule has 362 valence electrons. The summed E-state index contributed by atoms with van der Waals surface area (Å²) in [6, 6.07) is 0. The van der Waals surface area contributed by atoms with Gasteiger partial charge in [-0.2, -0.15) is 0 Å². The van der Waals surface area contributed by atoms with Crippen LogP contribution in [0, 0.1) is 0 Å². The highest BCUT2D eigenvalue weighted by Gasteiger charge is 2.19. The number of carbonyl (C=O) groups excluding carboxylic acids is 3. The molecule has 0 amide bonds. The van der Waals surface area contributed by atoms with Gasteiger partial charge in [-0.1, -0.05) is 278 Å². The molecule has 0 heterocycles. The third-order valence-electron chi connectivity index (χ3n) is 12.6. The van der Waals surface area contributed by atoms with Crippen LogP contribution in [0.3, 0.4) is 0 Å². The van der Waals surface area contributed by atoms with Crippen molar-refractivity contribution in [1.29, 1.82) is 0 Å². The monoisotopic (exact) mass is 863 g/mol. The standard InChI is InChI=1S/C55H106O6/c1-4-7-10-13-16-19-21-23-25-26-27-28-30-32-34-37-39-42-45-48-54(57)60-51-52(61-55(58)49-46-43-40-35-18-15-12-9-6-3)50-59-53(56)47-44-41-38-36-33-31-29-24-22-20-17-14-11-8-5-2/h52H,4-51H2,1-3H3/t52-/m0/s1. The van der Waals surface area contributed by atoms with E-state index in [0.717, 1.165) is 57.8 Å². The number of esters is 3. The Balaban J connectivity index is 4.18. The second-order valence-electron chi connectivity index (χ2n) is 18.9. The molecule has 61 heavy (non-hydrogen) atoms. The van der Waals surface area contributed by atoms with E-state index in [4.69, 9.17) is 14.2 Å². The topological polar surface area (TPSA) is 78.9 Å². The number of rotatable bonds is 51. The highest BCUT2D eigenvalue weighted by Crippen LogP contribution is 2.17. The van der Waals surface area contributed by atoms with Gasteiger partial charge in [-0.15, -0.1) is 0 Å². The summed E-state index contributed by atoms with van der Waals surface area (Å²) < 4.78 is 16.8. The van der Waals surface area contributed by atoms with E-state index >= 15 is 0 Å². The molecule has 0 aromatic rings. The fraction of sp³-hybridized carbons (Fsp3) is 0.945. The second-order valence-corrected chi connectivity index (χ2v) is 18.9. The van der Waals surface area contributed by atoms with Crippen LogP contribution >= 0.6 is 0 Å². The van der Waals surface area contributed by atoms with Crippen molar-refractivity contribution in [2.45, 2.75) is 322 Å². The molecule has 6 heteroatoms. The summed E-state index contributed by atoms with van der Waals surface area (Å²) >= 11 is 0. The predicted molar refractivity (Wildman–Crippen MR) is 261 cm³/mol. The van der Waals surface area contributed by atoms with Crippen molar-refractivity contribution in [2.24, 2.45) is 0 Å². The maximum Gasteiger partial charge on any atom is 0.306 e. The lowest BCUT2D eigenvalue weighted by Crippen LogP contribution is -2.30. The molecule has 0 spiro atoms. The van der Waals surface area contributed by atoms with E-state index < -0.39 is 6.10 Å². The summed E-state index contributed by atoms with van der Waals surface area (Å²) in [4.78, 5) is 37.9. The molecule has 0 saturated heterocycles. The number of carbonyl (C=O) groups is 3. The van der Waals surface area contributed by atoms with Crippen molar-refractivity contribution in [1.82, 2.24) is 0 Å². The van der Waals surface area contributed by atoms with E-state index in [1.54, 1.807) is 0 Å². The summed E-state index contributed by atoms with van der Waals surface area (Å²) in [6.07, 6.45) is 55.3. The van der Waals surface area contributed by atoms with Crippen molar-refractivity contribution < 1.29 is 28.6 Å². The Morgan fingerprint density at radius 1 is 0.262 bits per heavy atom. The molecule has 0 radical (unpaired) electrons. The van der Waals surface area contributed by atoms with Crippen LogP contribution in [-0.2, 0) is 28.6 Å². The smallest absolute Gasteiger partial charge is 0.306 e. The Labute approximate surface area is 380 Å². The minimum Gasteiger partial charge on any atom is -0.462 e. The molecule has 0 aromatic heterocycles. The molecule has 0 fully saturated rings. The van der Waals surface area contributed by atoms with E-state index in [1.807, 2.05) is 0 Å². The van der Waals surface area contributed by atoms with Gasteiger partial charge in [0.2, 0.25) is 0 Å². The Morgan fingerprint density at radius 3 is 0.656 bits per heavy atom. The van der Waals surface area contributed by atoms with Gasteiger partial charge >= 0.3 is 17.9 Å². The Hall–Kier alpha value is -1.59. The van der Waals surface area contributed by atoms with Gasteiger partial charge in [0.25, 0.3) is 0 Å². The Kier molecular flexibility index (Phi) is 49.7. The van der Waals surface area contributed by atoms with Crippen molar-refractivity contribution >= 4 is 17.9 Å². The van der Waals surface area contributed by atoms with Crippen molar-refractivity contribution in [3.05, 3.63) is 0 Å². The largest absolute Gasteiger partial charge is 0.462 e. The SMILES string of the molecule is CCCCCCCCCCCCCCCCCCCCCC(=O)OC[C@H](COC(=O)CCCCCCCCCCCCCCCCC)OC(=O)CCCCCCCCCCC. The zero-order valence-corrected chi connectivity index (χ0v) is 41.5. The first kappa shape index (κ1) is 59.4. The van der Waals surface area contributed by atoms with Crippen molar-refractivity contribution in [3.63, 3.8) is 0 Å². The molecular formula is C55H106O6. The van der Waals surface area contributed by atoms with Crippen LogP contribution in [-0.4, -0.2) is 37.2 Å². The van der Waals surface area contributed by atoms with Crippen LogP contribution in [0.2, 0.25) is 0 Å². The average Bonchev–Trinajstić information content (AvgIpc) is 3.26. The minimum atomic E-state index is -0.759. The quantitative estimate of drug-likeness (QED) is 0.0344. The molecule has 6 nitrogen and oxygen atoms in total. The number of ether oxygens (including phenoxy) is 3. The lowest BCUT2D eigenvalue weighted by Gasteiger charge is -2.18. The normalized spacial score (nSPS) is 11.9. The first-order valence-corrected chi connectivity index (χ1v) is 27.5. The lowest BCUT2D eigenvalue weighted by atomic mass is 10.0. The van der Waals surface area contributed by atoms with E-state index in [-0.39, 0.29) is 31.1 Å². The third kappa shape index (κ3) is 49.3. The van der Waals surface area contributed by atoms with Crippen molar-refractivity contribution in [2.75, 3.05) is 13.2 Å².